The van der Waals surface area contributed by atoms with Crippen molar-refractivity contribution in [3.63, 3.8) is 0 Å². The van der Waals surface area contributed by atoms with Crippen molar-refractivity contribution in [2.75, 3.05) is 5.75 Å². The molecule has 0 spiro atoms. The molecule has 3 N–H and O–H groups in total. The van der Waals surface area contributed by atoms with E-state index in [1.54, 1.807) is 0 Å². The summed E-state index contributed by atoms with van der Waals surface area (Å²) < 4.78 is 0.258. The van der Waals surface area contributed by atoms with Crippen molar-refractivity contribution in [1.29, 1.82) is 0 Å². The molecule has 1 fully saturated rings. The summed E-state index contributed by atoms with van der Waals surface area (Å²) in [5, 5.41) is 0.785. The van der Waals surface area contributed by atoms with E-state index in [0.717, 1.165) is 11.4 Å². The zero-order chi connectivity index (χ0) is 12.3. The van der Waals surface area contributed by atoms with Gasteiger partial charge in [-0.1, -0.05) is 23.7 Å². The number of nitrogens with one attached hydrogen (secondary N) is 1. The standard InChI is InChI=1S/C13H19ClN2S/c1-13(7-2-8-17-13)12(16-15)9-10-3-5-11(14)6-4-10/h3-6,12,16H,2,7-9,15H2,1H3. The van der Waals surface area contributed by atoms with E-state index in [-0.39, 0.29) is 4.75 Å². The molecular weight excluding hydrogens is 252 g/mol. The topological polar surface area (TPSA) is 38.0 Å². The van der Waals surface area contributed by atoms with Gasteiger partial charge in [-0.15, -0.1) is 0 Å². The van der Waals surface area contributed by atoms with Gasteiger partial charge in [0.2, 0.25) is 0 Å². The smallest absolute Gasteiger partial charge is 0.0406 e. The molecule has 1 heterocycles. The Kier molecular flexibility index (Phi) is 4.36. The molecule has 0 radical (unpaired) electrons. The minimum atomic E-state index is 0.258. The molecule has 2 unspecified atom stereocenters. The summed E-state index contributed by atoms with van der Waals surface area (Å²) in [5.41, 5.74) is 4.28. The summed E-state index contributed by atoms with van der Waals surface area (Å²) in [6, 6.07) is 8.35. The second-order valence-corrected chi connectivity index (χ2v) is 6.88. The number of hydrazine groups is 1. The summed E-state index contributed by atoms with van der Waals surface area (Å²) >= 11 is 7.92. The van der Waals surface area contributed by atoms with E-state index < -0.39 is 0 Å². The predicted molar refractivity (Wildman–Crippen MR) is 76.4 cm³/mol. The fourth-order valence-electron chi connectivity index (χ4n) is 2.38. The van der Waals surface area contributed by atoms with Crippen LogP contribution in [0.4, 0.5) is 0 Å². The Morgan fingerprint density at radius 3 is 2.71 bits per heavy atom. The van der Waals surface area contributed by atoms with Gasteiger partial charge in [-0.2, -0.15) is 11.8 Å². The molecule has 0 saturated carbocycles. The van der Waals surface area contributed by atoms with Crippen molar-refractivity contribution in [2.24, 2.45) is 5.84 Å². The summed E-state index contributed by atoms with van der Waals surface area (Å²) in [5.74, 6) is 6.97. The molecular formula is C13H19ClN2S. The van der Waals surface area contributed by atoms with E-state index in [0.29, 0.717) is 6.04 Å². The molecule has 2 atom stereocenters. The molecule has 4 heteroatoms. The first-order valence-electron chi connectivity index (χ1n) is 5.98. The lowest BCUT2D eigenvalue weighted by Crippen LogP contribution is -2.49. The zero-order valence-corrected chi connectivity index (χ0v) is 11.7. The van der Waals surface area contributed by atoms with Crippen LogP contribution in [0.1, 0.15) is 25.3 Å². The molecule has 94 valence electrons. The van der Waals surface area contributed by atoms with Gasteiger partial charge >= 0.3 is 0 Å². The molecule has 1 aromatic carbocycles. The minimum Gasteiger partial charge on any atom is -0.271 e. The second-order valence-electron chi connectivity index (χ2n) is 4.81. The summed E-state index contributed by atoms with van der Waals surface area (Å²) in [6.45, 7) is 2.31. The monoisotopic (exact) mass is 270 g/mol. The fraction of sp³-hybridized carbons (Fsp3) is 0.538. The minimum absolute atomic E-state index is 0.258. The maximum atomic E-state index is 5.89. The lowest BCUT2D eigenvalue weighted by atomic mass is 9.91. The SMILES string of the molecule is CC1(C(Cc2ccc(Cl)cc2)NN)CCCS1. The number of nitrogens with two attached hydrogens (primary N) is 1. The van der Waals surface area contributed by atoms with E-state index >= 15 is 0 Å². The Balaban J connectivity index is 2.06. The average Bonchev–Trinajstić information content (AvgIpc) is 2.76. The lowest BCUT2D eigenvalue weighted by molar-refractivity contribution is 0.405. The Morgan fingerprint density at radius 1 is 1.47 bits per heavy atom. The van der Waals surface area contributed by atoms with Crippen LogP contribution in [-0.2, 0) is 6.42 Å². The molecule has 1 aliphatic rings. The van der Waals surface area contributed by atoms with Crippen LogP contribution in [0.5, 0.6) is 0 Å². The molecule has 17 heavy (non-hydrogen) atoms. The van der Waals surface area contributed by atoms with Crippen molar-refractivity contribution < 1.29 is 0 Å². The summed E-state index contributed by atoms with van der Waals surface area (Å²) in [6.07, 6.45) is 3.48. The third kappa shape index (κ3) is 3.16. The fourth-order valence-corrected chi connectivity index (χ4v) is 3.90. The number of thioether (sulfide) groups is 1. The molecule has 1 aromatic rings. The Hall–Kier alpha value is -0.220. The highest BCUT2D eigenvalue weighted by Gasteiger charge is 2.37. The van der Waals surface area contributed by atoms with Crippen molar-refractivity contribution in [1.82, 2.24) is 5.43 Å². The first-order valence-corrected chi connectivity index (χ1v) is 7.35. The molecule has 1 aliphatic heterocycles. The largest absolute Gasteiger partial charge is 0.271 e. The molecule has 0 aromatic heterocycles. The van der Waals surface area contributed by atoms with Crippen LogP contribution in [0, 0.1) is 0 Å². The van der Waals surface area contributed by atoms with Crippen LogP contribution in [0.15, 0.2) is 24.3 Å². The van der Waals surface area contributed by atoms with Crippen LogP contribution in [0.25, 0.3) is 0 Å². The molecule has 0 amide bonds. The summed E-state index contributed by atoms with van der Waals surface area (Å²) in [7, 11) is 0. The first kappa shape index (κ1) is 13.2. The van der Waals surface area contributed by atoms with E-state index in [1.807, 2.05) is 23.9 Å². The average molecular weight is 271 g/mol. The third-order valence-electron chi connectivity index (χ3n) is 3.54. The highest BCUT2D eigenvalue weighted by Crippen LogP contribution is 2.41. The first-order chi connectivity index (χ1) is 8.14. The van der Waals surface area contributed by atoms with Gasteiger partial charge in [-0.05, 0) is 49.6 Å². The van der Waals surface area contributed by atoms with E-state index in [1.165, 1.54) is 24.2 Å². The lowest BCUT2D eigenvalue weighted by Gasteiger charge is -2.32. The van der Waals surface area contributed by atoms with Gasteiger partial charge in [0.25, 0.3) is 0 Å². The van der Waals surface area contributed by atoms with Crippen molar-refractivity contribution in [3.8, 4) is 0 Å². The van der Waals surface area contributed by atoms with Gasteiger partial charge in [-0.3, -0.25) is 11.3 Å². The highest BCUT2D eigenvalue weighted by molar-refractivity contribution is 8.00. The number of hydrogen-bond acceptors (Lipinski definition) is 3. The Morgan fingerprint density at radius 2 is 2.18 bits per heavy atom. The number of halogens is 1. The Labute approximate surface area is 112 Å². The molecule has 2 rings (SSSR count). The van der Waals surface area contributed by atoms with Gasteiger partial charge in [0.1, 0.15) is 0 Å². The maximum absolute atomic E-state index is 5.89. The van der Waals surface area contributed by atoms with Crippen LogP contribution >= 0.6 is 23.4 Å². The van der Waals surface area contributed by atoms with Crippen LogP contribution < -0.4 is 11.3 Å². The molecule has 0 aliphatic carbocycles. The van der Waals surface area contributed by atoms with Crippen molar-refractivity contribution >= 4 is 23.4 Å². The van der Waals surface area contributed by atoms with Crippen LogP contribution in [0.2, 0.25) is 5.02 Å². The number of rotatable bonds is 4. The van der Waals surface area contributed by atoms with Gasteiger partial charge < -0.3 is 0 Å². The molecule has 0 bridgehead atoms. The van der Waals surface area contributed by atoms with Crippen molar-refractivity contribution in [2.45, 2.75) is 37.0 Å². The van der Waals surface area contributed by atoms with Gasteiger partial charge in [0.15, 0.2) is 0 Å². The quantitative estimate of drug-likeness (QED) is 0.653. The zero-order valence-electron chi connectivity index (χ0n) is 10.1. The van der Waals surface area contributed by atoms with E-state index in [2.05, 4.69) is 24.5 Å². The molecule has 1 saturated heterocycles. The van der Waals surface area contributed by atoms with Gasteiger partial charge in [-0.25, -0.2) is 0 Å². The highest BCUT2D eigenvalue weighted by atomic mass is 35.5. The Bertz CT molecular complexity index is 360. The van der Waals surface area contributed by atoms with Gasteiger partial charge in [0.05, 0.1) is 0 Å². The normalized spacial score (nSPS) is 26.1. The molecule has 2 nitrogen and oxygen atoms in total. The van der Waals surface area contributed by atoms with Crippen LogP contribution in [-0.4, -0.2) is 16.5 Å². The van der Waals surface area contributed by atoms with Crippen LogP contribution in [0.3, 0.4) is 0 Å². The number of benzene rings is 1. The summed E-state index contributed by atoms with van der Waals surface area (Å²) in [4.78, 5) is 0. The van der Waals surface area contributed by atoms with Crippen molar-refractivity contribution in [3.05, 3.63) is 34.9 Å². The number of hydrogen-bond donors (Lipinski definition) is 2. The van der Waals surface area contributed by atoms with E-state index in [9.17, 15) is 0 Å². The van der Waals surface area contributed by atoms with E-state index in [4.69, 9.17) is 17.4 Å². The van der Waals surface area contributed by atoms with Gasteiger partial charge in [0, 0.05) is 15.8 Å². The second kappa shape index (κ2) is 5.61. The predicted octanol–water partition coefficient (Wildman–Crippen LogP) is 3.00. The third-order valence-corrected chi connectivity index (χ3v) is 5.43. The maximum Gasteiger partial charge on any atom is 0.0406 e.